The summed E-state index contributed by atoms with van der Waals surface area (Å²) in [7, 11) is 0. The van der Waals surface area contributed by atoms with Crippen LogP contribution in [-0.2, 0) is 4.79 Å². The van der Waals surface area contributed by atoms with Crippen molar-refractivity contribution in [2.24, 2.45) is 0 Å². The third-order valence-electron chi connectivity index (χ3n) is 3.29. The summed E-state index contributed by atoms with van der Waals surface area (Å²) in [5.74, 6) is -1.40. The van der Waals surface area contributed by atoms with Crippen LogP contribution in [0.5, 0.6) is 0 Å². The van der Waals surface area contributed by atoms with E-state index in [9.17, 15) is 18.0 Å². The molecule has 6 heteroatoms. The number of hydrogen-bond acceptors (Lipinski definition) is 2. The Morgan fingerprint density at radius 2 is 2.12 bits per heavy atom. The molecule has 17 heavy (non-hydrogen) atoms. The van der Waals surface area contributed by atoms with Gasteiger partial charge in [-0.1, -0.05) is 13.3 Å². The van der Waals surface area contributed by atoms with Crippen LogP contribution in [0.15, 0.2) is 0 Å². The Kier molecular flexibility index (Phi) is 4.80. The summed E-state index contributed by atoms with van der Waals surface area (Å²) in [4.78, 5) is 11.9. The molecule has 1 heterocycles. The number of carbonyl (C=O) groups is 1. The molecule has 100 valence electrons. The fourth-order valence-electron chi connectivity index (χ4n) is 2.46. The zero-order valence-electron chi connectivity index (χ0n) is 9.83. The van der Waals surface area contributed by atoms with E-state index in [2.05, 4.69) is 0 Å². The van der Waals surface area contributed by atoms with Crippen molar-refractivity contribution in [3.05, 3.63) is 0 Å². The smallest absolute Gasteiger partial charge is 0.404 e. The highest BCUT2D eigenvalue weighted by atomic mass is 19.4. The van der Waals surface area contributed by atoms with Crippen LogP contribution in [-0.4, -0.2) is 40.8 Å². The largest absolute Gasteiger partial charge is 0.481 e. The molecule has 0 aromatic heterocycles. The van der Waals surface area contributed by atoms with E-state index in [1.807, 2.05) is 6.92 Å². The molecule has 1 fully saturated rings. The van der Waals surface area contributed by atoms with Crippen LogP contribution in [0, 0.1) is 0 Å². The van der Waals surface area contributed by atoms with Crippen molar-refractivity contribution in [1.29, 1.82) is 0 Å². The fourth-order valence-corrected chi connectivity index (χ4v) is 2.46. The lowest BCUT2D eigenvalue weighted by Crippen LogP contribution is -2.53. The molecule has 0 bridgehead atoms. The molecule has 1 saturated heterocycles. The number of piperidine rings is 1. The summed E-state index contributed by atoms with van der Waals surface area (Å²) in [6.45, 7) is 2.19. The van der Waals surface area contributed by atoms with Crippen molar-refractivity contribution in [3.8, 4) is 0 Å². The predicted molar refractivity (Wildman–Crippen MR) is 56.7 cm³/mol. The minimum absolute atomic E-state index is 0.144. The Morgan fingerprint density at radius 3 is 2.59 bits per heavy atom. The van der Waals surface area contributed by atoms with E-state index in [0.717, 1.165) is 12.8 Å². The monoisotopic (exact) mass is 253 g/mol. The number of carboxylic acid groups (broad SMARTS) is 1. The van der Waals surface area contributed by atoms with Crippen LogP contribution in [0.3, 0.4) is 0 Å². The topological polar surface area (TPSA) is 40.5 Å². The molecule has 1 rings (SSSR count). The van der Waals surface area contributed by atoms with E-state index in [0.29, 0.717) is 19.4 Å². The van der Waals surface area contributed by atoms with Gasteiger partial charge in [0, 0.05) is 6.04 Å². The molecular weight excluding hydrogens is 235 g/mol. The molecule has 0 radical (unpaired) electrons. The second-order valence-corrected chi connectivity index (χ2v) is 4.45. The molecule has 2 unspecified atom stereocenters. The van der Waals surface area contributed by atoms with Gasteiger partial charge in [-0.3, -0.25) is 9.69 Å². The van der Waals surface area contributed by atoms with Crippen LogP contribution in [0.25, 0.3) is 0 Å². The third kappa shape index (κ3) is 3.87. The summed E-state index contributed by atoms with van der Waals surface area (Å²) in [6, 6.07) is -1.99. The molecular formula is C11H18F3NO2. The van der Waals surface area contributed by atoms with Gasteiger partial charge >= 0.3 is 12.1 Å². The van der Waals surface area contributed by atoms with E-state index in [1.165, 1.54) is 4.90 Å². The summed E-state index contributed by atoms with van der Waals surface area (Å²) >= 11 is 0. The lowest BCUT2D eigenvalue weighted by Gasteiger charge is -2.41. The van der Waals surface area contributed by atoms with Crippen LogP contribution in [0.1, 0.15) is 39.0 Å². The Hall–Kier alpha value is -0.780. The Morgan fingerprint density at radius 1 is 1.47 bits per heavy atom. The first-order valence-corrected chi connectivity index (χ1v) is 5.90. The molecule has 0 amide bonds. The number of rotatable bonds is 4. The molecule has 2 atom stereocenters. The average Bonchev–Trinajstić information content (AvgIpc) is 2.24. The number of alkyl halides is 3. The molecule has 1 aliphatic rings. The van der Waals surface area contributed by atoms with Gasteiger partial charge in [-0.15, -0.1) is 0 Å². The molecule has 1 N–H and O–H groups in total. The summed E-state index contributed by atoms with van der Waals surface area (Å²) in [5.41, 5.74) is 0. The predicted octanol–water partition coefficient (Wildman–Crippen LogP) is 2.66. The van der Waals surface area contributed by atoms with Gasteiger partial charge in [-0.2, -0.15) is 13.2 Å². The van der Waals surface area contributed by atoms with E-state index in [1.54, 1.807) is 0 Å². The van der Waals surface area contributed by atoms with Crippen LogP contribution in [0.2, 0.25) is 0 Å². The minimum Gasteiger partial charge on any atom is -0.481 e. The number of aliphatic carboxylic acids is 1. The van der Waals surface area contributed by atoms with Gasteiger partial charge in [0.25, 0.3) is 0 Å². The van der Waals surface area contributed by atoms with Gasteiger partial charge in [-0.25, -0.2) is 0 Å². The minimum atomic E-state index is -4.47. The Bertz CT molecular complexity index is 268. The first kappa shape index (κ1) is 14.3. The van der Waals surface area contributed by atoms with E-state index in [-0.39, 0.29) is 6.04 Å². The van der Waals surface area contributed by atoms with E-state index >= 15 is 0 Å². The van der Waals surface area contributed by atoms with Gasteiger partial charge in [0.2, 0.25) is 0 Å². The zero-order valence-corrected chi connectivity index (χ0v) is 9.83. The summed E-state index contributed by atoms with van der Waals surface area (Å²) in [6.07, 6.45) is -2.34. The second kappa shape index (κ2) is 5.71. The van der Waals surface area contributed by atoms with Gasteiger partial charge < -0.3 is 5.11 Å². The van der Waals surface area contributed by atoms with Crippen molar-refractivity contribution in [3.63, 3.8) is 0 Å². The normalized spacial score (nSPS) is 24.6. The molecule has 0 saturated carbocycles. The average molecular weight is 253 g/mol. The van der Waals surface area contributed by atoms with Crippen molar-refractivity contribution in [2.45, 2.75) is 57.3 Å². The van der Waals surface area contributed by atoms with Crippen LogP contribution in [0.4, 0.5) is 13.2 Å². The molecule has 0 aromatic carbocycles. The Balaban J connectivity index is 2.83. The fraction of sp³-hybridized carbons (Fsp3) is 0.909. The van der Waals surface area contributed by atoms with Crippen molar-refractivity contribution >= 4 is 5.97 Å². The number of hydrogen-bond donors (Lipinski definition) is 1. The van der Waals surface area contributed by atoms with Gasteiger partial charge in [0.05, 0.1) is 6.42 Å². The molecule has 0 aromatic rings. The lowest BCUT2D eigenvalue weighted by atomic mass is 9.96. The molecule has 1 aliphatic heterocycles. The number of halogens is 3. The first-order valence-electron chi connectivity index (χ1n) is 5.90. The van der Waals surface area contributed by atoms with Crippen molar-refractivity contribution in [1.82, 2.24) is 4.90 Å². The van der Waals surface area contributed by atoms with Gasteiger partial charge in [0.1, 0.15) is 6.04 Å². The van der Waals surface area contributed by atoms with E-state index in [4.69, 9.17) is 5.11 Å². The highest BCUT2D eigenvalue weighted by molar-refractivity contribution is 5.67. The second-order valence-electron chi connectivity index (χ2n) is 4.45. The number of nitrogens with zero attached hydrogens (tertiary/aromatic N) is 1. The standard InChI is InChI=1S/C11H18F3NO2/c1-2-8-5-3-4-6-15(8)9(7-10(16)17)11(12,13)14/h8-9H,2-7H2,1H3,(H,16,17). The maximum absolute atomic E-state index is 12.9. The van der Waals surface area contributed by atoms with Crippen LogP contribution >= 0.6 is 0 Å². The first-order chi connectivity index (χ1) is 7.86. The van der Waals surface area contributed by atoms with Crippen molar-refractivity contribution in [2.75, 3.05) is 6.54 Å². The summed E-state index contributed by atoms with van der Waals surface area (Å²) in [5, 5.41) is 8.61. The maximum Gasteiger partial charge on any atom is 0.404 e. The van der Waals surface area contributed by atoms with E-state index < -0.39 is 24.6 Å². The summed E-state index contributed by atoms with van der Waals surface area (Å²) < 4.78 is 38.6. The highest BCUT2D eigenvalue weighted by Gasteiger charge is 2.46. The Labute approximate surface area is 98.6 Å². The maximum atomic E-state index is 12.9. The highest BCUT2D eigenvalue weighted by Crippen LogP contribution is 2.32. The van der Waals surface area contributed by atoms with Gasteiger partial charge in [-0.05, 0) is 25.8 Å². The van der Waals surface area contributed by atoms with Gasteiger partial charge in [0.15, 0.2) is 0 Å². The third-order valence-corrected chi connectivity index (χ3v) is 3.29. The zero-order chi connectivity index (χ0) is 13.1. The molecule has 3 nitrogen and oxygen atoms in total. The quantitative estimate of drug-likeness (QED) is 0.837. The lowest BCUT2D eigenvalue weighted by molar-refractivity contribution is -0.198. The number of likely N-dealkylation sites (tertiary alicyclic amines) is 1. The number of carboxylic acids is 1. The molecule has 0 aliphatic carbocycles. The SMILES string of the molecule is CCC1CCCCN1C(CC(=O)O)C(F)(F)F. The molecule has 0 spiro atoms. The van der Waals surface area contributed by atoms with Crippen LogP contribution < -0.4 is 0 Å². The van der Waals surface area contributed by atoms with Crippen molar-refractivity contribution < 1.29 is 23.1 Å².